The number of hydrogen-bond donors (Lipinski definition) is 2. The molecule has 36 heavy (non-hydrogen) atoms. The maximum Gasteiger partial charge on any atom is 0.251 e. The normalized spacial score (nSPS) is 12.4. The Labute approximate surface area is 209 Å². The van der Waals surface area contributed by atoms with Crippen LogP contribution in [0.4, 0.5) is 5.69 Å². The molecule has 1 aliphatic rings. The summed E-state index contributed by atoms with van der Waals surface area (Å²) in [5, 5.41) is 5.92. The largest absolute Gasteiger partial charge is 0.486 e. The third-order valence-electron chi connectivity index (χ3n) is 6.00. The highest BCUT2D eigenvalue weighted by Gasteiger charge is 2.16. The number of aromatic nitrogens is 2. The first kappa shape index (κ1) is 23.4. The number of aryl methyl sites for hydroxylation is 2. The highest BCUT2D eigenvalue weighted by Crippen LogP contribution is 2.32. The summed E-state index contributed by atoms with van der Waals surface area (Å²) in [5.41, 5.74) is 4.08. The maximum atomic E-state index is 13.0. The summed E-state index contributed by atoms with van der Waals surface area (Å²) in [6, 6.07) is 20.7. The molecule has 0 unspecified atom stereocenters. The first-order valence-electron chi connectivity index (χ1n) is 12.1. The van der Waals surface area contributed by atoms with Gasteiger partial charge >= 0.3 is 0 Å². The van der Waals surface area contributed by atoms with Crippen LogP contribution in [0.3, 0.4) is 0 Å². The standard InChI is InChI=1S/C28H28N4O4/c1-19-6-4-7-20(16-19)28(34)29-13-5-10-26-31-22-8-2-3-9-23(22)32(26)18-27(33)30-21-11-12-24-25(17-21)36-15-14-35-24/h2-4,6-9,11-12,16-17H,5,10,13-15,18H2,1H3,(H,29,34)(H,30,33). The Bertz CT molecular complexity index is 1410. The smallest absolute Gasteiger partial charge is 0.251 e. The number of carbonyl (C=O) groups is 2. The second-order valence-electron chi connectivity index (χ2n) is 8.74. The lowest BCUT2D eigenvalue weighted by molar-refractivity contribution is -0.116. The number of hydrogen-bond acceptors (Lipinski definition) is 5. The average Bonchev–Trinajstić information content (AvgIpc) is 3.23. The minimum absolute atomic E-state index is 0.0917. The van der Waals surface area contributed by atoms with E-state index in [9.17, 15) is 9.59 Å². The predicted octanol–water partition coefficient (Wildman–Crippen LogP) is 4.12. The van der Waals surface area contributed by atoms with Gasteiger partial charge in [0.05, 0.1) is 11.0 Å². The van der Waals surface area contributed by atoms with Crippen molar-refractivity contribution in [1.29, 1.82) is 0 Å². The summed E-state index contributed by atoms with van der Waals surface area (Å²) < 4.78 is 13.1. The van der Waals surface area contributed by atoms with Crippen molar-refractivity contribution in [3.63, 3.8) is 0 Å². The van der Waals surface area contributed by atoms with Crippen LogP contribution in [0.1, 0.15) is 28.2 Å². The number of fused-ring (bicyclic) bond motifs is 2. The number of amides is 2. The molecule has 0 aliphatic carbocycles. The molecule has 5 rings (SSSR count). The summed E-state index contributed by atoms with van der Waals surface area (Å²) in [4.78, 5) is 30.1. The third kappa shape index (κ3) is 5.33. The van der Waals surface area contributed by atoms with Crippen LogP contribution >= 0.6 is 0 Å². The van der Waals surface area contributed by atoms with Crippen molar-refractivity contribution in [3.8, 4) is 11.5 Å². The molecular formula is C28H28N4O4. The number of imidazole rings is 1. The van der Waals surface area contributed by atoms with Gasteiger partial charge in [0.15, 0.2) is 11.5 Å². The van der Waals surface area contributed by atoms with Gasteiger partial charge in [-0.1, -0.05) is 29.8 Å². The van der Waals surface area contributed by atoms with Gasteiger partial charge in [0, 0.05) is 30.3 Å². The van der Waals surface area contributed by atoms with Crippen molar-refractivity contribution >= 4 is 28.5 Å². The molecule has 2 amide bonds. The Morgan fingerprint density at radius 3 is 2.67 bits per heavy atom. The van der Waals surface area contributed by atoms with Crippen LogP contribution in [0.25, 0.3) is 11.0 Å². The Kier molecular flexibility index (Phi) is 6.84. The number of rotatable bonds is 8. The first-order chi connectivity index (χ1) is 17.6. The number of benzene rings is 3. The Balaban J connectivity index is 1.24. The molecule has 1 aromatic heterocycles. The highest BCUT2D eigenvalue weighted by molar-refractivity contribution is 5.94. The summed E-state index contributed by atoms with van der Waals surface area (Å²) >= 11 is 0. The van der Waals surface area contributed by atoms with Gasteiger partial charge in [-0.05, 0) is 49.7 Å². The molecule has 3 aromatic carbocycles. The minimum atomic E-state index is -0.163. The second kappa shape index (κ2) is 10.5. The molecule has 0 saturated heterocycles. The molecule has 8 heteroatoms. The molecular weight excluding hydrogens is 456 g/mol. The molecule has 4 aromatic rings. The monoisotopic (exact) mass is 484 g/mol. The zero-order chi connectivity index (χ0) is 24.9. The summed E-state index contributed by atoms with van der Waals surface area (Å²) in [7, 11) is 0. The fourth-order valence-electron chi connectivity index (χ4n) is 4.29. The minimum Gasteiger partial charge on any atom is -0.486 e. The average molecular weight is 485 g/mol. The lowest BCUT2D eigenvalue weighted by Crippen LogP contribution is -2.25. The van der Waals surface area contributed by atoms with E-state index in [0.29, 0.717) is 55.4 Å². The first-order valence-corrected chi connectivity index (χ1v) is 12.1. The molecule has 0 saturated carbocycles. The fourth-order valence-corrected chi connectivity index (χ4v) is 4.29. The molecule has 1 aliphatic heterocycles. The van der Waals surface area contributed by atoms with E-state index in [1.165, 1.54) is 0 Å². The van der Waals surface area contributed by atoms with Crippen LogP contribution in [0, 0.1) is 6.92 Å². The summed E-state index contributed by atoms with van der Waals surface area (Å²) in [6.45, 7) is 3.61. The van der Waals surface area contributed by atoms with Crippen LogP contribution in [0.5, 0.6) is 11.5 Å². The molecule has 0 fully saturated rings. The van der Waals surface area contributed by atoms with Crippen molar-refractivity contribution in [2.45, 2.75) is 26.3 Å². The van der Waals surface area contributed by atoms with E-state index >= 15 is 0 Å². The number of nitrogens with zero attached hydrogens (tertiary/aromatic N) is 2. The second-order valence-corrected chi connectivity index (χ2v) is 8.74. The van der Waals surface area contributed by atoms with Gasteiger partial charge in [0.25, 0.3) is 5.91 Å². The van der Waals surface area contributed by atoms with E-state index < -0.39 is 0 Å². The quantitative estimate of drug-likeness (QED) is 0.367. The van der Waals surface area contributed by atoms with Crippen molar-refractivity contribution < 1.29 is 19.1 Å². The third-order valence-corrected chi connectivity index (χ3v) is 6.00. The Hall–Kier alpha value is -4.33. The van der Waals surface area contributed by atoms with E-state index in [1.54, 1.807) is 18.2 Å². The zero-order valence-corrected chi connectivity index (χ0v) is 20.1. The predicted molar refractivity (Wildman–Crippen MR) is 138 cm³/mol. The van der Waals surface area contributed by atoms with Gasteiger partial charge in [0.1, 0.15) is 25.6 Å². The molecule has 0 radical (unpaired) electrons. The van der Waals surface area contributed by atoms with E-state index in [2.05, 4.69) is 10.6 Å². The number of nitrogens with one attached hydrogen (secondary N) is 2. The Morgan fingerprint density at radius 2 is 1.81 bits per heavy atom. The Morgan fingerprint density at radius 1 is 0.972 bits per heavy atom. The van der Waals surface area contributed by atoms with Gasteiger partial charge < -0.3 is 24.7 Å². The van der Waals surface area contributed by atoms with Crippen LogP contribution < -0.4 is 20.1 Å². The lowest BCUT2D eigenvalue weighted by Gasteiger charge is -2.19. The van der Waals surface area contributed by atoms with Gasteiger partial charge in [-0.2, -0.15) is 0 Å². The van der Waals surface area contributed by atoms with Crippen molar-refractivity contribution in [3.05, 3.63) is 83.7 Å². The molecule has 8 nitrogen and oxygen atoms in total. The molecule has 0 atom stereocenters. The number of para-hydroxylation sites is 2. The van der Waals surface area contributed by atoms with E-state index in [1.807, 2.05) is 60.0 Å². The number of carbonyl (C=O) groups excluding carboxylic acids is 2. The molecule has 184 valence electrons. The van der Waals surface area contributed by atoms with E-state index in [-0.39, 0.29) is 18.4 Å². The topological polar surface area (TPSA) is 94.5 Å². The highest BCUT2D eigenvalue weighted by atomic mass is 16.6. The lowest BCUT2D eigenvalue weighted by atomic mass is 10.1. The number of anilines is 1. The van der Waals surface area contributed by atoms with Crippen molar-refractivity contribution in [1.82, 2.24) is 14.9 Å². The van der Waals surface area contributed by atoms with Crippen molar-refractivity contribution in [2.75, 3.05) is 25.1 Å². The van der Waals surface area contributed by atoms with Gasteiger partial charge in [0.2, 0.25) is 5.91 Å². The maximum absolute atomic E-state index is 13.0. The van der Waals surface area contributed by atoms with Crippen LogP contribution in [0.2, 0.25) is 0 Å². The summed E-state index contributed by atoms with van der Waals surface area (Å²) in [5.74, 6) is 1.85. The number of ether oxygens (including phenoxy) is 2. The van der Waals surface area contributed by atoms with Gasteiger partial charge in [-0.25, -0.2) is 4.98 Å². The van der Waals surface area contributed by atoms with E-state index in [0.717, 1.165) is 22.4 Å². The molecule has 0 spiro atoms. The van der Waals surface area contributed by atoms with Crippen LogP contribution in [0.15, 0.2) is 66.7 Å². The SMILES string of the molecule is Cc1cccc(C(=O)NCCCc2nc3ccccc3n2CC(=O)Nc2ccc3c(c2)OCCO3)c1. The van der Waals surface area contributed by atoms with Gasteiger partial charge in [-0.15, -0.1) is 0 Å². The van der Waals surface area contributed by atoms with Gasteiger partial charge in [-0.3, -0.25) is 9.59 Å². The molecule has 0 bridgehead atoms. The van der Waals surface area contributed by atoms with E-state index in [4.69, 9.17) is 14.5 Å². The summed E-state index contributed by atoms with van der Waals surface area (Å²) in [6.07, 6.45) is 1.32. The van der Waals surface area contributed by atoms with Crippen LogP contribution in [-0.4, -0.2) is 41.1 Å². The zero-order valence-electron chi connectivity index (χ0n) is 20.1. The molecule has 2 N–H and O–H groups in total. The fraction of sp³-hybridized carbons (Fsp3) is 0.250. The van der Waals surface area contributed by atoms with Crippen molar-refractivity contribution in [2.24, 2.45) is 0 Å². The molecule has 2 heterocycles. The van der Waals surface area contributed by atoms with Crippen LogP contribution in [-0.2, 0) is 17.8 Å².